The normalized spacial score (nSPS) is 18.7. The summed E-state index contributed by atoms with van der Waals surface area (Å²) in [6, 6.07) is 1.28. The molecular weight excluding hydrogens is 266 g/mol. The van der Waals surface area contributed by atoms with Crippen LogP contribution in [0, 0.1) is 0 Å². The van der Waals surface area contributed by atoms with Crippen molar-refractivity contribution in [1.82, 2.24) is 4.98 Å². The molecule has 2 rings (SSSR count). The first-order chi connectivity index (χ1) is 8.39. The van der Waals surface area contributed by atoms with Gasteiger partial charge < -0.3 is 10.0 Å². The topological polar surface area (TPSA) is 53.4 Å². The maximum absolute atomic E-state index is 13.0. The van der Waals surface area contributed by atoms with Crippen LogP contribution in [0.3, 0.4) is 0 Å². The van der Waals surface area contributed by atoms with E-state index in [1.165, 1.54) is 12.3 Å². The molecule has 4 nitrogen and oxygen atoms in total. The van der Waals surface area contributed by atoms with Crippen LogP contribution in [0.1, 0.15) is 23.2 Å². The van der Waals surface area contributed by atoms with E-state index in [2.05, 4.69) is 4.98 Å². The predicted molar refractivity (Wildman–Crippen MR) is 62.6 cm³/mol. The molecule has 0 unspecified atom stereocenters. The molecule has 0 aliphatic carbocycles. The summed E-state index contributed by atoms with van der Waals surface area (Å²) in [5, 5.41) is 8.93. The zero-order chi connectivity index (χ0) is 13.3. The molecule has 18 heavy (non-hydrogen) atoms. The van der Waals surface area contributed by atoms with Crippen LogP contribution in [0.2, 0.25) is 5.02 Å². The lowest BCUT2D eigenvalue weighted by molar-refractivity contribution is -0.0221. The van der Waals surface area contributed by atoms with E-state index in [0.717, 1.165) is 0 Å². The molecule has 2 heterocycles. The maximum Gasteiger partial charge on any atom is 0.337 e. The lowest BCUT2D eigenvalue weighted by Gasteiger charge is -2.32. The number of carbonyl (C=O) groups is 1. The number of nitrogens with zero attached hydrogens (tertiary/aromatic N) is 2. The number of anilines is 1. The minimum absolute atomic E-state index is 0.0221. The van der Waals surface area contributed by atoms with Gasteiger partial charge in [0.25, 0.3) is 5.92 Å². The molecule has 1 aromatic rings. The fourth-order valence-electron chi connectivity index (χ4n) is 1.83. The Hall–Kier alpha value is -1.43. The van der Waals surface area contributed by atoms with Crippen LogP contribution in [-0.2, 0) is 0 Å². The van der Waals surface area contributed by atoms with Crippen molar-refractivity contribution in [2.45, 2.75) is 18.8 Å². The Balaban J connectivity index is 2.17. The van der Waals surface area contributed by atoms with E-state index in [9.17, 15) is 13.6 Å². The number of hydrogen-bond acceptors (Lipinski definition) is 3. The lowest BCUT2D eigenvalue weighted by atomic mass is 10.1. The zero-order valence-corrected chi connectivity index (χ0v) is 10.1. The molecule has 1 N–H and O–H groups in total. The molecule has 1 saturated heterocycles. The third-order valence-electron chi connectivity index (χ3n) is 2.86. The van der Waals surface area contributed by atoms with Crippen LogP contribution < -0.4 is 4.90 Å². The SMILES string of the molecule is O=C(O)c1cnc(N2CCC(F)(F)CC2)c(Cl)c1. The number of halogens is 3. The minimum atomic E-state index is -2.63. The molecule has 1 aromatic heterocycles. The van der Waals surface area contributed by atoms with Gasteiger partial charge in [0, 0.05) is 32.1 Å². The first-order valence-electron chi connectivity index (χ1n) is 5.41. The lowest BCUT2D eigenvalue weighted by Crippen LogP contribution is -2.39. The van der Waals surface area contributed by atoms with Crippen LogP contribution in [0.15, 0.2) is 12.3 Å². The van der Waals surface area contributed by atoms with Gasteiger partial charge in [0.1, 0.15) is 5.82 Å². The maximum atomic E-state index is 13.0. The Morgan fingerprint density at radius 1 is 1.44 bits per heavy atom. The van der Waals surface area contributed by atoms with Crippen molar-refractivity contribution >= 4 is 23.4 Å². The van der Waals surface area contributed by atoms with Crippen molar-refractivity contribution in [2.75, 3.05) is 18.0 Å². The van der Waals surface area contributed by atoms with Crippen molar-refractivity contribution in [1.29, 1.82) is 0 Å². The first kappa shape index (κ1) is 13.0. The molecule has 0 spiro atoms. The average Bonchev–Trinajstić information content (AvgIpc) is 2.29. The van der Waals surface area contributed by atoms with E-state index >= 15 is 0 Å². The summed E-state index contributed by atoms with van der Waals surface area (Å²) >= 11 is 5.92. The number of piperidine rings is 1. The molecule has 0 saturated carbocycles. The third kappa shape index (κ3) is 2.69. The van der Waals surface area contributed by atoms with Gasteiger partial charge in [-0.2, -0.15) is 0 Å². The first-order valence-corrected chi connectivity index (χ1v) is 5.78. The molecule has 0 aromatic carbocycles. The zero-order valence-electron chi connectivity index (χ0n) is 9.37. The fraction of sp³-hybridized carbons (Fsp3) is 0.455. The second-order valence-electron chi connectivity index (χ2n) is 4.18. The van der Waals surface area contributed by atoms with Gasteiger partial charge in [0.2, 0.25) is 0 Å². The number of aromatic nitrogens is 1. The molecule has 7 heteroatoms. The molecule has 1 aliphatic heterocycles. The second kappa shape index (κ2) is 4.68. The van der Waals surface area contributed by atoms with E-state index in [-0.39, 0.29) is 36.5 Å². The van der Waals surface area contributed by atoms with Crippen LogP contribution in [0.25, 0.3) is 0 Å². The van der Waals surface area contributed by atoms with Gasteiger partial charge in [0.05, 0.1) is 10.6 Å². The van der Waals surface area contributed by atoms with Crippen LogP contribution in [0.4, 0.5) is 14.6 Å². The second-order valence-corrected chi connectivity index (χ2v) is 4.58. The van der Waals surface area contributed by atoms with E-state index in [4.69, 9.17) is 16.7 Å². The Labute approximate surface area is 107 Å². The van der Waals surface area contributed by atoms with E-state index in [0.29, 0.717) is 5.82 Å². The monoisotopic (exact) mass is 276 g/mol. The Kier molecular flexibility index (Phi) is 3.38. The van der Waals surface area contributed by atoms with Crippen LogP contribution >= 0.6 is 11.6 Å². The van der Waals surface area contributed by atoms with E-state index < -0.39 is 11.9 Å². The summed E-state index contributed by atoms with van der Waals surface area (Å²) in [7, 11) is 0. The number of carboxylic acids is 1. The van der Waals surface area contributed by atoms with Gasteiger partial charge in [-0.15, -0.1) is 0 Å². The summed E-state index contributed by atoms with van der Waals surface area (Å²) in [6.45, 7) is 0.318. The van der Waals surface area contributed by atoms with Gasteiger partial charge >= 0.3 is 5.97 Å². The highest BCUT2D eigenvalue weighted by Crippen LogP contribution is 2.32. The van der Waals surface area contributed by atoms with Gasteiger partial charge in [-0.25, -0.2) is 18.6 Å². The smallest absolute Gasteiger partial charge is 0.337 e. The van der Waals surface area contributed by atoms with Gasteiger partial charge in [0.15, 0.2) is 0 Å². The molecule has 0 bridgehead atoms. The predicted octanol–water partition coefficient (Wildman–Crippen LogP) is 2.67. The summed E-state index contributed by atoms with van der Waals surface area (Å²) in [5.74, 6) is -3.40. The standard InChI is InChI=1S/C11H11ClF2N2O2/c12-8-5-7(10(17)18)6-15-9(8)16-3-1-11(13,14)2-4-16/h5-6H,1-4H2,(H,17,18). The van der Waals surface area contributed by atoms with E-state index in [1.54, 1.807) is 4.90 Å². The highest BCUT2D eigenvalue weighted by Gasteiger charge is 2.34. The summed E-state index contributed by atoms with van der Waals surface area (Å²) < 4.78 is 26.0. The number of carboxylic acid groups (broad SMARTS) is 1. The van der Waals surface area contributed by atoms with Crippen LogP contribution in [-0.4, -0.2) is 35.1 Å². The molecule has 0 radical (unpaired) electrons. The van der Waals surface area contributed by atoms with Crippen molar-refractivity contribution in [3.8, 4) is 0 Å². The molecule has 98 valence electrons. The van der Waals surface area contributed by atoms with Gasteiger partial charge in [-0.05, 0) is 6.07 Å². The highest BCUT2D eigenvalue weighted by molar-refractivity contribution is 6.33. The summed E-state index contributed by atoms with van der Waals surface area (Å²) in [5.41, 5.74) is -0.0221. The molecular formula is C11H11ClF2N2O2. The number of rotatable bonds is 2. The Morgan fingerprint density at radius 3 is 2.56 bits per heavy atom. The fourth-order valence-corrected chi connectivity index (χ4v) is 2.11. The van der Waals surface area contributed by atoms with Gasteiger partial charge in [-0.3, -0.25) is 0 Å². The number of pyridine rings is 1. The Bertz CT molecular complexity index is 472. The Morgan fingerprint density at radius 2 is 2.06 bits per heavy atom. The summed E-state index contributed by atoms with van der Waals surface area (Å²) in [6.07, 6.45) is 0.688. The van der Waals surface area contributed by atoms with Gasteiger partial charge in [-0.1, -0.05) is 11.6 Å². The number of alkyl halides is 2. The number of aromatic carboxylic acids is 1. The average molecular weight is 277 g/mol. The molecule has 1 fully saturated rings. The molecule has 1 aliphatic rings. The quantitative estimate of drug-likeness (QED) is 0.902. The summed E-state index contributed by atoms with van der Waals surface area (Å²) in [4.78, 5) is 16.3. The third-order valence-corrected chi connectivity index (χ3v) is 3.14. The van der Waals surface area contributed by atoms with E-state index in [1.807, 2.05) is 0 Å². The largest absolute Gasteiger partial charge is 0.478 e. The van der Waals surface area contributed by atoms with Crippen LogP contribution in [0.5, 0.6) is 0 Å². The van der Waals surface area contributed by atoms with Crippen molar-refractivity contribution in [3.63, 3.8) is 0 Å². The molecule has 0 atom stereocenters. The van der Waals surface area contributed by atoms with Crippen molar-refractivity contribution in [2.24, 2.45) is 0 Å². The van der Waals surface area contributed by atoms with Crippen molar-refractivity contribution in [3.05, 3.63) is 22.8 Å². The minimum Gasteiger partial charge on any atom is -0.478 e. The molecule has 0 amide bonds. The highest BCUT2D eigenvalue weighted by atomic mass is 35.5. The number of hydrogen-bond donors (Lipinski definition) is 1. The van der Waals surface area contributed by atoms with Crippen molar-refractivity contribution < 1.29 is 18.7 Å².